The maximum atomic E-state index is 5.76. The van der Waals surface area contributed by atoms with Crippen LogP contribution in [0.15, 0.2) is 23.3 Å². The summed E-state index contributed by atoms with van der Waals surface area (Å²) in [5.74, 6) is 1.62. The Balaban J connectivity index is 1.55. The number of ether oxygens (including phenoxy) is 1. The van der Waals surface area contributed by atoms with Gasteiger partial charge >= 0.3 is 0 Å². The molecule has 1 aliphatic rings. The predicted octanol–water partition coefficient (Wildman–Crippen LogP) is 2.22. The van der Waals surface area contributed by atoms with Gasteiger partial charge in [-0.15, -0.1) is 0 Å². The van der Waals surface area contributed by atoms with Gasteiger partial charge in [-0.05, 0) is 36.8 Å². The number of nitrogens with zero attached hydrogens (tertiary/aromatic N) is 2. The van der Waals surface area contributed by atoms with Gasteiger partial charge in [-0.1, -0.05) is 17.7 Å². The SMILES string of the molecule is CN=C(NCCCOCC1CC1)NCc1ccc(Cl)nc1. The van der Waals surface area contributed by atoms with E-state index in [-0.39, 0.29) is 0 Å². The molecule has 0 spiro atoms. The van der Waals surface area contributed by atoms with Crippen LogP contribution in [0.25, 0.3) is 0 Å². The largest absolute Gasteiger partial charge is 0.381 e. The molecule has 6 heteroatoms. The molecule has 0 radical (unpaired) electrons. The molecule has 0 saturated heterocycles. The first-order chi connectivity index (χ1) is 10.3. The summed E-state index contributed by atoms with van der Waals surface area (Å²) < 4.78 is 5.59. The second kappa shape index (κ2) is 8.85. The Kier molecular flexibility index (Phi) is 6.76. The highest BCUT2D eigenvalue weighted by Gasteiger charge is 2.20. The van der Waals surface area contributed by atoms with Crippen LogP contribution in [0.5, 0.6) is 0 Å². The lowest BCUT2D eigenvalue weighted by atomic mass is 10.3. The average Bonchev–Trinajstić information content (AvgIpc) is 3.31. The molecule has 0 atom stereocenters. The van der Waals surface area contributed by atoms with Gasteiger partial charge in [-0.25, -0.2) is 4.98 Å². The number of pyridine rings is 1. The molecule has 0 aliphatic heterocycles. The van der Waals surface area contributed by atoms with E-state index in [4.69, 9.17) is 16.3 Å². The van der Waals surface area contributed by atoms with E-state index in [2.05, 4.69) is 20.6 Å². The minimum atomic E-state index is 0.507. The van der Waals surface area contributed by atoms with E-state index in [0.29, 0.717) is 11.7 Å². The minimum absolute atomic E-state index is 0.507. The zero-order valence-corrected chi connectivity index (χ0v) is 13.2. The van der Waals surface area contributed by atoms with Crippen molar-refractivity contribution in [2.24, 2.45) is 10.9 Å². The third kappa shape index (κ3) is 6.78. The van der Waals surface area contributed by atoms with Gasteiger partial charge in [0, 0.05) is 39.5 Å². The van der Waals surface area contributed by atoms with E-state index in [1.54, 1.807) is 19.3 Å². The number of hydrogen-bond acceptors (Lipinski definition) is 3. The van der Waals surface area contributed by atoms with Crippen molar-refractivity contribution in [1.29, 1.82) is 0 Å². The van der Waals surface area contributed by atoms with Gasteiger partial charge in [0.1, 0.15) is 5.15 Å². The van der Waals surface area contributed by atoms with Crippen LogP contribution in [-0.4, -0.2) is 37.7 Å². The molecule has 1 aliphatic carbocycles. The van der Waals surface area contributed by atoms with Crippen molar-refractivity contribution < 1.29 is 4.74 Å². The zero-order chi connectivity index (χ0) is 14.9. The number of aliphatic imine (C=N–C) groups is 1. The molecule has 1 heterocycles. The summed E-state index contributed by atoms with van der Waals surface area (Å²) >= 11 is 5.76. The van der Waals surface area contributed by atoms with Crippen LogP contribution in [-0.2, 0) is 11.3 Å². The number of aromatic nitrogens is 1. The van der Waals surface area contributed by atoms with E-state index in [0.717, 1.165) is 43.6 Å². The lowest BCUT2D eigenvalue weighted by molar-refractivity contribution is 0.123. The van der Waals surface area contributed by atoms with Gasteiger partial charge < -0.3 is 15.4 Å². The quantitative estimate of drug-likeness (QED) is 0.334. The second-order valence-electron chi connectivity index (χ2n) is 5.21. The average molecular weight is 311 g/mol. The van der Waals surface area contributed by atoms with E-state index in [9.17, 15) is 0 Å². The third-order valence-electron chi connectivity index (χ3n) is 3.28. The van der Waals surface area contributed by atoms with Gasteiger partial charge in [0.25, 0.3) is 0 Å². The normalized spacial score (nSPS) is 15.0. The van der Waals surface area contributed by atoms with Crippen LogP contribution in [0.1, 0.15) is 24.8 Å². The van der Waals surface area contributed by atoms with Gasteiger partial charge in [0.15, 0.2) is 5.96 Å². The standard InChI is InChI=1S/C15H23ClN4O/c1-17-15(18-7-2-8-21-11-12-3-4-12)20-10-13-5-6-14(16)19-9-13/h5-6,9,12H,2-4,7-8,10-11H2,1H3,(H2,17,18,20). The fourth-order valence-electron chi connectivity index (χ4n) is 1.83. The molecule has 1 fully saturated rings. The number of halogens is 1. The molecule has 2 rings (SSSR count). The van der Waals surface area contributed by atoms with Crippen LogP contribution in [0.4, 0.5) is 0 Å². The van der Waals surface area contributed by atoms with E-state index in [1.807, 2.05) is 6.07 Å². The zero-order valence-electron chi connectivity index (χ0n) is 12.4. The second-order valence-corrected chi connectivity index (χ2v) is 5.60. The third-order valence-corrected chi connectivity index (χ3v) is 3.50. The molecule has 0 bridgehead atoms. The number of nitrogens with one attached hydrogen (secondary N) is 2. The summed E-state index contributed by atoms with van der Waals surface area (Å²) in [5.41, 5.74) is 1.06. The van der Waals surface area contributed by atoms with Crippen molar-refractivity contribution in [3.8, 4) is 0 Å². The topological polar surface area (TPSA) is 58.5 Å². The van der Waals surface area contributed by atoms with Crippen LogP contribution >= 0.6 is 11.6 Å². The first-order valence-corrected chi connectivity index (χ1v) is 7.78. The molecule has 21 heavy (non-hydrogen) atoms. The monoisotopic (exact) mass is 310 g/mol. The molecule has 0 amide bonds. The van der Waals surface area contributed by atoms with Crippen molar-refractivity contribution in [3.63, 3.8) is 0 Å². The van der Waals surface area contributed by atoms with E-state index < -0.39 is 0 Å². The van der Waals surface area contributed by atoms with Gasteiger partial charge in [0.05, 0.1) is 0 Å². The number of hydrogen-bond donors (Lipinski definition) is 2. The summed E-state index contributed by atoms with van der Waals surface area (Å²) in [4.78, 5) is 8.23. The molecule has 5 nitrogen and oxygen atoms in total. The Labute approximate surface area is 131 Å². The number of guanidine groups is 1. The summed E-state index contributed by atoms with van der Waals surface area (Å²) in [7, 11) is 1.76. The highest BCUT2D eigenvalue weighted by Crippen LogP contribution is 2.28. The molecular weight excluding hydrogens is 288 g/mol. The Morgan fingerprint density at radius 3 is 2.95 bits per heavy atom. The predicted molar refractivity (Wildman–Crippen MR) is 85.6 cm³/mol. The number of rotatable bonds is 8. The maximum Gasteiger partial charge on any atom is 0.191 e. The van der Waals surface area contributed by atoms with Gasteiger partial charge in [-0.3, -0.25) is 4.99 Å². The van der Waals surface area contributed by atoms with Gasteiger partial charge in [-0.2, -0.15) is 0 Å². The fraction of sp³-hybridized carbons (Fsp3) is 0.600. The summed E-state index contributed by atoms with van der Waals surface area (Å²) in [6, 6.07) is 3.73. The first-order valence-electron chi connectivity index (χ1n) is 7.40. The maximum absolute atomic E-state index is 5.76. The minimum Gasteiger partial charge on any atom is -0.381 e. The molecular formula is C15H23ClN4O. The molecule has 2 N–H and O–H groups in total. The lowest BCUT2D eigenvalue weighted by Crippen LogP contribution is -2.37. The van der Waals surface area contributed by atoms with Crippen molar-refractivity contribution >= 4 is 17.6 Å². The first kappa shape index (κ1) is 16.0. The Morgan fingerprint density at radius 2 is 2.29 bits per heavy atom. The highest BCUT2D eigenvalue weighted by atomic mass is 35.5. The molecule has 0 aromatic carbocycles. The van der Waals surface area contributed by atoms with E-state index >= 15 is 0 Å². The summed E-state index contributed by atoms with van der Waals surface area (Å²) in [6.45, 7) is 3.25. The van der Waals surface area contributed by atoms with Gasteiger partial charge in [0.2, 0.25) is 0 Å². The van der Waals surface area contributed by atoms with Crippen LogP contribution in [0.2, 0.25) is 5.15 Å². The summed E-state index contributed by atoms with van der Waals surface area (Å²) in [5, 5.41) is 7.01. The smallest absolute Gasteiger partial charge is 0.191 e. The van der Waals surface area contributed by atoms with Crippen LogP contribution in [0, 0.1) is 5.92 Å². The van der Waals surface area contributed by atoms with Crippen molar-refractivity contribution in [3.05, 3.63) is 29.0 Å². The fourth-order valence-corrected chi connectivity index (χ4v) is 1.94. The molecule has 116 valence electrons. The highest BCUT2D eigenvalue weighted by molar-refractivity contribution is 6.29. The molecule has 0 unspecified atom stereocenters. The van der Waals surface area contributed by atoms with Crippen molar-refractivity contribution in [2.45, 2.75) is 25.8 Å². The van der Waals surface area contributed by atoms with Crippen molar-refractivity contribution in [1.82, 2.24) is 15.6 Å². The Hall–Kier alpha value is -1.33. The Morgan fingerprint density at radius 1 is 1.43 bits per heavy atom. The molecule has 1 aromatic heterocycles. The van der Waals surface area contributed by atoms with Crippen LogP contribution in [0.3, 0.4) is 0 Å². The van der Waals surface area contributed by atoms with Crippen LogP contribution < -0.4 is 10.6 Å². The van der Waals surface area contributed by atoms with E-state index in [1.165, 1.54) is 12.8 Å². The van der Waals surface area contributed by atoms with Crippen molar-refractivity contribution in [2.75, 3.05) is 26.8 Å². The molecule has 1 aromatic rings. The lowest BCUT2D eigenvalue weighted by Gasteiger charge is -2.12. The molecule has 1 saturated carbocycles. The Bertz CT molecular complexity index is 445. The summed E-state index contributed by atoms with van der Waals surface area (Å²) in [6.07, 6.45) is 5.42.